The van der Waals surface area contributed by atoms with Crippen LogP contribution in [0.3, 0.4) is 0 Å². The van der Waals surface area contributed by atoms with Gasteiger partial charge in [0.05, 0.1) is 0 Å². The minimum absolute atomic E-state index is 0. The molecule has 9 rings (SSSR count). The van der Waals surface area contributed by atoms with Crippen molar-refractivity contribution in [3.8, 4) is 78.8 Å². The quantitative estimate of drug-likeness (QED) is 0.149. The Morgan fingerprint density at radius 2 is 0.982 bits per heavy atom. The van der Waals surface area contributed by atoms with Gasteiger partial charge in [-0.2, -0.15) is 35.9 Å². The summed E-state index contributed by atoms with van der Waals surface area (Å²) in [6.07, 6.45) is 0. The summed E-state index contributed by atoms with van der Waals surface area (Å²) < 4.78 is 0. The Hall–Kier alpha value is -5.99. The van der Waals surface area contributed by atoms with Crippen LogP contribution in [0.25, 0.3) is 89.7 Å². The second-order valence-electron chi connectivity index (χ2n) is 13.4. The molecule has 0 radical (unpaired) electrons. The molecule has 0 fully saturated rings. The van der Waals surface area contributed by atoms with Crippen molar-refractivity contribution in [1.29, 1.82) is 0 Å². The van der Waals surface area contributed by atoms with E-state index >= 15 is 0 Å². The second kappa shape index (κ2) is 15.8. The van der Waals surface area contributed by atoms with E-state index in [0.717, 1.165) is 55.5 Å². The van der Waals surface area contributed by atoms with E-state index in [1.54, 1.807) is 0 Å². The van der Waals surface area contributed by atoms with Crippen molar-refractivity contribution in [2.45, 2.75) is 13.8 Å². The fraction of sp³-hybridized carbons (Fsp3) is 0.0400. The Labute approximate surface area is 345 Å². The van der Waals surface area contributed by atoms with Crippen LogP contribution in [0.5, 0.6) is 0 Å². The zero-order chi connectivity index (χ0) is 36.4. The molecule has 9 aromatic rings. The van der Waals surface area contributed by atoms with E-state index in [4.69, 9.17) is 19.9 Å². The standard InChI is InChI=1S/C50H34N4.U/c1-33-15-12-13-22-42(33)44-24-14-23-43(34(44)2)40-29-30-46-41(31-40)32-45(35-16-6-3-7-17-35)47(51-46)36-25-27-39(28-26-36)50-53-48(37-18-8-4-9-19-37)52-49(54-50)38-20-10-5-11-21-38;/h3-16,18-31H,1-2H3;/q-2;+2. The predicted molar refractivity (Wildman–Crippen MR) is 220 cm³/mol. The van der Waals surface area contributed by atoms with E-state index in [0.29, 0.717) is 17.5 Å². The molecule has 5 heteroatoms. The molecule has 0 aliphatic heterocycles. The maximum atomic E-state index is 5.27. The van der Waals surface area contributed by atoms with Crippen molar-refractivity contribution >= 4 is 10.9 Å². The molecule has 0 bridgehead atoms. The van der Waals surface area contributed by atoms with Gasteiger partial charge < -0.3 is 4.98 Å². The molecule has 0 N–H and O–H groups in total. The van der Waals surface area contributed by atoms with Crippen LogP contribution in [0.15, 0.2) is 170 Å². The fourth-order valence-electron chi connectivity index (χ4n) is 7.05. The Bertz CT molecular complexity index is 2710. The molecule has 258 valence electrons. The monoisotopic (exact) mass is 928 g/mol. The molecule has 0 atom stereocenters. The Morgan fingerprint density at radius 1 is 0.436 bits per heavy atom. The average molecular weight is 929 g/mol. The first kappa shape index (κ1) is 36.0. The number of aromatic nitrogens is 4. The molecule has 0 amide bonds. The van der Waals surface area contributed by atoms with Gasteiger partial charge >= 0.3 is 31.1 Å². The molecule has 0 aliphatic rings. The summed E-state index contributed by atoms with van der Waals surface area (Å²) in [6.45, 7) is 4.38. The first-order valence-corrected chi connectivity index (χ1v) is 18.1. The number of fused-ring (bicyclic) bond motifs is 1. The SMILES string of the molecule is Cc1ccccc1-c1cccc(-c2ccc3nc(-c4ccc(-c5nc(-c6ccccc6)nc(-c6ccccc6)n5)cc4)c(-c4[c-]cccc4)[c-]c3c2)c1C.[U+2]. The summed E-state index contributed by atoms with van der Waals surface area (Å²) in [5.41, 5.74) is 14.6. The van der Waals surface area contributed by atoms with Gasteiger partial charge in [-0.1, -0.05) is 145 Å². The minimum Gasteiger partial charge on any atom is -0.335 e. The summed E-state index contributed by atoms with van der Waals surface area (Å²) in [7, 11) is 0. The molecule has 7 aromatic carbocycles. The number of nitrogens with zero attached hydrogens (tertiary/aromatic N) is 4. The topological polar surface area (TPSA) is 51.6 Å². The van der Waals surface area contributed by atoms with Crippen LogP contribution in [-0.2, 0) is 0 Å². The third-order valence-electron chi connectivity index (χ3n) is 9.90. The van der Waals surface area contributed by atoms with Gasteiger partial charge in [0.25, 0.3) is 0 Å². The van der Waals surface area contributed by atoms with E-state index in [2.05, 4.69) is 117 Å². The van der Waals surface area contributed by atoms with E-state index < -0.39 is 0 Å². The van der Waals surface area contributed by atoms with Crippen molar-refractivity contribution in [1.82, 2.24) is 19.9 Å². The third kappa shape index (κ3) is 7.30. The third-order valence-corrected chi connectivity index (χ3v) is 9.90. The van der Waals surface area contributed by atoms with Gasteiger partial charge in [-0.15, -0.1) is 17.5 Å². The molecule has 2 heterocycles. The molecule has 0 aliphatic carbocycles. The Balaban J connectivity index is 0.00000427. The number of hydrogen-bond acceptors (Lipinski definition) is 4. The van der Waals surface area contributed by atoms with E-state index in [-0.39, 0.29) is 31.1 Å². The van der Waals surface area contributed by atoms with Crippen LogP contribution in [-0.4, -0.2) is 19.9 Å². The first-order chi connectivity index (χ1) is 26.6. The Morgan fingerprint density at radius 3 is 1.62 bits per heavy atom. The number of benzene rings is 7. The number of rotatable bonds is 7. The van der Waals surface area contributed by atoms with E-state index in [1.807, 2.05) is 78.9 Å². The Kier molecular flexibility index (Phi) is 10.3. The maximum absolute atomic E-state index is 5.27. The van der Waals surface area contributed by atoms with Gasteiger partial charge in [-0.25, -0.2) is 20.5 Å². The largest absolute Gasteiger partial charge is 2.00 e. The van der Waals surface area contributed by atoms with E-state index in [9.17, 15) is 0 Å². The maximum Gasteiger partial charge on any atom is 2.00 e. The van der Waals surface area contributed by atoms with Gasteiger partial charge in [0.1, 0.15) is 0 Å². The van der Waals surface area contributed by atoms with Crippen molar-refractivity contribution in [3.63, 3.8) is 0 Å². The summed E-state index contributed by atoms with van der Waals surface area (Å²) in [5, 5.41) is 0.952. The molecule has 55 heavy (non-hydrogen) atoms. The van der Waals surface area contributed by atoms with Gasteiger partial charge in [0.2, 0.25) is 0 Å². The average Bonchev–Trinajstić information content (AvgIpc) is 3.24. The normalized spacial score (nSPS) is 10.9. The molecular weight excluding hydrogens is 895 g/mol. The molecule has 0 unspecified atom stereocenters. The summed E-state index contributed by atoms with van der Waals surface area (Å²) in [5.74, 6) is 1.87. The minimum atomic E-state index is 0. The zero-order valence-corrected chi connectivity index (χ0v) is 34.6. The molecule has 0 spiro atoms. The smallest absolute Gasteiger partial charge is 0.335 e. The number of aryl methyl sites for hydroxylation is 1. The molecule has 0 saturated heterocycles. The zero-order valence-electron chi connectivity index (χ0n) is 30.5. The van der Waals surface area contributed by atoms with Gasteiger partial charge in [-0.05, 0) is 58.4 Å². The van der Waals surface area contributed by atoms with Crippen LogP contribution in [0.2, 0.25) is 0 Å². The van der Waals surface area contributed by atoms with Crippen LogP contribution < -0.4 is 0 Å². The van der Waals surface area contributed by atoms with Crippen LogP contribution >= 0.6 is 0 Å². The van der Waals surface area contributed by atoms with Crippen LogP contribution in [0.1, 0.15) is 11.1 Å². The number of hydrogen-bond donors (Lipinski definition) is 0. The van der Waals surface area contributed by atoms with Crippen molar-refractivity contribution < 1.29 is 31.1 Å². The second-order valence-corrected chi connectivity index (χ2v) is 13.4. The van der Waals surface area contributed by atoms with Gasteiger partial charge in [0.15, 0.2) is 17.5 Å². The van der Waals surface area contributed by atoms with Gasteiger partial charge in [-0.3, -0.25) is 0 Å². The summed E-state index contributed by atoms with van der Waals surface area (Å²) >= 11 is 0. The fourth-order valence-corrected chi connectivity index (χ4v) is 7.05. The van der Waals surface area contributed by atoms with E-state index in [1.165, 1.54) is 27.8 Å². The molecule has 2 aromatic heterocycles. The van der Waals surface area contributed by atoms with Crippen molar-refractivity contribution in [3.05, 3.63) is 193 Å². The van der Waals surface area contributed by atoms with Crippen molar-refractivity contribution in [2.75, 3.05) is 0 Å². The van der Waals surface area contributed by atoms with Crippen LogP contribution in [0.4, 0.5) is 0 Å². The van der Waals surface area contributed by atoms with Crippen molar-refractivity contribution in [2.24, 2.45) is 0 Å². The summed E-state index contributed by atoms with van der Waals surface area (Å²) in [6, 6.07) is 65.2. The predicted octanol–water partition coefficient (Wildman–Crippen LogP) is 12.3. The van der Waals surface area contributed by atoms with Gasteiger partial charge in [0, 0.05) is 16.7 Å². The number of pyridine rings is 1. The van der Waals surface area contributed by atoms with Crippen LogP contribution in [0, 0.1) is 57.1 Å². The first-order valence-electron chi connectivity index (χ1n) is 18.1. The molecule has 0 saturated carbocycles. The molecular formula is C50H34N4U. The molecule has 4 nitrogen and oxygen atoms in total. The summed E-state index contributed by atoms with van der Waals surface area (Å²) in [4.78, 5) is 20.0.